The van der Waals surface area contributed by atoms with E-state index < -0.39 is 6.10 Å². The first-order valence-electron chi connectivity index (χ1n) is 5.98. The first-order valence-corrected chi connectivity index (χ1v) is 6.35. The van der Waals surface area contributed by atoms with E-state index in [1.54, 1.807) is 18.3 Å². The fourth-order valence-corrected chi connectivity index (χ4v) is 2.15. The van der Waals surface area contributed by atoms with Crippen molar-refractivity contribution in [3.05, 3.63) is 64.4 Å². The predicted octanol–water partition coefficient (Wildman–Crippen LogP) is 3.55. The second kappa shape index (κ2) is 5.88. The second-order valence-corrected chi connectivity index (χ2v) is 4.76. The fourth-order valence-electron chi connectivity index (χ4n) is 2.02. The Balaban J connectivity index is 2.42. The van der Waals surface area contributed by atoms with E-state index in [9.17, 15) is 5.11 Å². The molecule has 2 aromatic rings. The number of benzene rings is 1. The van der Waals surface area contributed by atoms with E-state index >= 15 is 0 Å². The minimum Gasteiger partial charge on any atom is -0.376 e. The minimum atomic E-state index is -0.932. The van der Waals surface area contributed by atoms with Crippen LogP contribution in [0.5, 0.6) is 0 Å². The van der Waals surface area contributed by atoms with Crippen molar-refractivity contribution < 1.29 is 5.11 Å². The number of aromatic nitrogens is 1. The van der Waals surface area contributed by atoms with E-state index in [1.165, 1.54) is 0 Å². The lowest BCUT2D eigenvalue weighted by molar-refractivity contribution is 0.236. The third-order valence-electron chi connectivity index (χ3n) is 3.10. The smallest absolute Gasteiger partial charge is 0.141 e. The SMILES string of the molecule is C#CC(O)c1cccnc1C(C)c1ccc(Cl)cc1. The maximum absolute atomic E-state index is 9.85. The summed E-state index contributed by atoms with van der Waals surface area (Å²) in [6.45, 7) is 2.03. The Labute approximate surface area is 118 Å². The Bertz CT molecular complexity index is 601. The van der Waals surface area contributed by atoms with Gasteiger partial charge >= 0.3 is 0 Å². The number of hydrogen-bond donors (Lipinski definition) is 1. The Hall–Kier alpha value is -1.82. The van der Waals surface area contributed by atoms with E-state index in [2.05, 4.69) is 10.9 Å². The Morgan fingerprint density at radius 3 is 2.58 bits per heavy atom. The number of aliphatic hydroxyl groups excluding tert-OH is 1. The molecule has 1 N–H and O–H groups in total. The number of aliphatic hydroxyl groups is 1. The van der Waals surface area contributed by atoms with Gasteiger partial charge in [-0.05, 0) is 23.8 Å². The summed E-state index contributed by atoms with van der Waals surface area (Å²) >= 11 is 5.88. The van der Waals surface area contributed by atoms with Crippen LogP contribution in [0.4, 0.5) is 0 Å². The van der Waals surface area contributed by atoms with Gasteiger partial charge in [-0.1, -0.05) is 42.6 Å². The Morgan fingerprint density at radius 2 is 1.95 bits per heavy atom. The molecule has 2 rings (SSSR count). The third kappa shape index (κ3) is 2.96. The average Bonchev–Trinajstić information content (AvgIpc) is 2.46. The fraction of sp³-hybridized carbons (Fsp3) is 0.188. The lowest BCUT2D eigenvalue weighted by Gasteiger charge is -2.16. The van der Waals surface area contributed by atoms with Gasteiger partial charge in [-0.3, -0.25) is 4.98 Å². The molecule has 96 valence electrons. The van der Waals surface area contributed by atoms with Crippen molar-refractivity contribution in [2.45, 2.75) is 18.9 Å². The molecule has 0 saturated heterocycles. The van der Waals surface area contributed by atoms with Crippen molar-refractivity contribution in [1.29, 1.82) is 0 Å². The van der Waals surface area contributed by atoms with Crippen LogP contribution in [-0.4, -0.2) is 10.1 Å². The number of nitrogens with zero attached hydrogens (tertiary/aromatic N) is 1. The normalized spacial score (nSPS) is 13.6. The van der Waals surface area contributed by atoms with Gasteiger partial charge in [0.05, 0.1) is 5.69 Å². The molecule has 2 unspecified atom stereocenters. The summed E-state index contributed by atoms with van der Waals surface area (Å²) in [5.74, 6) is 2.37. The standard InChI is InChI=1S/C16H14ClNO/c1-3-15(19)14-5-4-10-18-16(14)11(2)12-6-8-13(17)9-7-12/h1,4-11,15,19H,2H3. The van der Waals surface area contributed by atoms with Crippen LogP contribution in [0, 0.1) is 12.3 Å². The molecule has 2 nitrogen and oxygen atoms in total. The van der Waals surface area contributed by atoms with Crippen molar-refractivity contribution in [3.63, 3.8) is 0 Å². The molecule has 0 spiro atoms. The number of hydrogen-bond acceptors (Lipinski definition) is 2. The van der Waals surface area contributed by atoms with Gasteiger partial charge in [0.1, 0.15) is 6.10 Å². The van der Waals surface area contributed by atoms with Crippen molar-refractivity contribution >= 4 is 11.6 Å². The highest BCUT2D eigenvalue weighted by atomic mass is 35.5. The maximum atomic E-state index is 9.85. The van der Waals surface area contributed by atoms with E-state index in [4.69, 9.17) is 18.0 Å². The van der Waals surface area contributed by atoms with E-state index in [1.807, 2.05) is 31.2 Å². The van der Waals surface area contributed by atoms with Crippen molar-refractivity contribution in [3.8, 4) is 12.3 Å². The van der Waals surface area contributed by atoms with Gasteiger partial charge in [0.25, 0.3) is 0 Å². The molecule has 0 fully saturated rings. The van der Waals surface area contributed by atoms with Crippen LogP contribution in [0.3, 0.4) is 0 Å². The topological polar surface area (TPSA) is 33.1 Å². The minimum absolute atomic E-state index is 0.0384. The molecule has 3 heteroatoms. The van der Waals surface area contributed by atoms with Crippen LogP contribution in [0.1, 0.15) is 35.8 Å². The summed E-state index contributed by atoms with van der Waals surface area (Å²) in [6, 6.07) is 11.2. The highest BCUT2D eigenvalue weighted by molar-refractivity contribution is 6.30. The van der Waals surface area contributed by atoms with Crippen LogP contribution >= 0.6 is 11.6 Å². The van der Waals surface area contributed by atoms with Gasteiger partial charge in [-0.15, -0.1) is 6.42 Å². The lowest BCUT2D eigenvalue weighted by Crippen LogP contribution is -2.07. The van der Waals surface area contributed by atoms with Gasteiger partial charge in [-0.2, -0.15) is 0 Å². The molecule has 1 heterocycles. The largest absolute Gasteiger partial charge is 0.376 e. The molecule has 19 heavy (non-hydrogen) atoms. The zero-order chi connectivity index (χ0) is 13.8. The van der Waals surface area contributed by atoms with Gasteiger partial charge in [-0.25, -0.2) is 0 Å². The molecule has 0 bridgehead atoms. The van der Waals surface area contributed by atoms with E-state index in [0.29, 0.717) is 10.6 Å². The number of pyridine rings is 1. The van der Waals surface area contributed by atoms with Crippen molar-refractivity contribution in [2.24, 2.45) is 0 Å². The van der Waals surface area contributed by atoms with Gasteiger partial charge in [0, 0.05) is 22.7 Å². The molecule has 2 atom stereocenters. The Kier molecular flexibility index (Phi) is 4.21. The summed E-state index contributed by atoms with van der Waals surface area (Å²) in [6.07, 6.45) is 6.06. The Morgan fingerprint density at radius 1 is 1.26 bits per heavy atom. The zero-order valence-corrected chi connectivity index (χ0v) is 11.3. The quantitative estimate of drug-likeness (QED) is 0.866. The molecule has 0 aliphatic rings. The summed E-state index contributed by atoms with van der Waals surface area (Å²) < 4.78 is 0. The maximum Gasteiger partial charge on any atom is 0.141 e. The molecule has 1 aromatic carbocycles. The second-order valence-electron chi connectivity index (χ2n) is 4.32. The molecular formula is C16H14ClNO. The molecule has 1 aromatic heterocycles. The first kappa shape index (κ1) is 13.6. The average molecular weight is 272 g/mol. The molecular weight excluding hydrogens is 258 g/mol. The van der Waals surface area contributed by atoms with Crippen LogP contribution in [-0.2, 0) is 0 Å². The third-order valence-corrected chi connectivity index (χ3v) is 3.36. The van der Waals surface area contributed by atoms with Crippen molar-refractivity contribution in [1.82, 2.24) is 4.98 Å². The highest BCUT2D eigenvalue weighted by Gasteiger charge is 2.17. The number of terminal acetylenes is 1. The molecule has 0 aliphatic carbocycles. The molecule has 0 saturated carbocycles. The summed E-state index contributed by atoms with van der Waals surface area (Å²) in [5.41, 5.74) is 2.54. The molecule has 0 aliphatic heterocycles. The van der Waals surface area contributed by atoms with Gasteiger partial charge in [0.15, 0.2) is 0 Å². The summed E-state index contributed by atoms with van der Waals surface area (Å²) in [7, 11) is 0. The molecule has 0 radical (unpaired) electrons. The number of rotatable bonds is 3. The summed E-state index contributed by atoms with van der Waals surface area (Å²) in [5, 5.41) is 10.5. The zero-order valence-electron chi connectivity index (χ0n) is 10.5. The number of halogens is 1. The highest BCUT2D eigenvalue weighted by Crippen LogP contribution is 2.28. The molecule has 0 amide bonds. The monoisotopic (exact) mass is 271 g/mol. The van der Waals surface area contributed by atoms with Crippen LogP contribution in [0.15, 0.2) is 42.6 Å². The van der Waals surface area contributed by atoms with Crippen LogP contribution < -0.4 is 0 Å². The van der Waals surface area contributed by atoms with Crippen LogP contribution in [0.25, 0.3) is 0 Å². The van der Waals surface area contributed by atoms with Gasteiger partial charge in [0.2, 0.25) is 0 Å². The van der Waals surface area contributed by atoms with Gasteiger partial charge < -0.3 is 5.11 Å². The van der Waals surface area contributed by atoms with Crippen LogP contribution in [0.2, 0.25) is 5.02 Å². The first-order chi connectivity index (χ1) is 9.13. The van der Waals surface area contributed by atoms with E-state index in [-0.39, 0.29) is 5.92 Å². The lowest BCUT2D eigenvalue weighted by atomic mass is 9.92. The summed E-state index contributed by atoms with van der Waals surface area (Å²) in [4.78, 5) is 4.36. The predicted molar refractivity (Wildman–Crippen MR) is 77.0 cm³/mol. The van der Waals surface area contributed by atoms with E-state index in [0.717, 1.165) is 11.3 Å². The van der Waals surface area contributed by atoms with Crippen molar-refractivity contribution in [2.75, 3.05) is 0 Å².